The van der Waals surface area contributed by atoms with Crippen molar-refractivity contribution in [3.05, 3.63) is 84.9 Å². The van der Waals surface area contributed by atoms with Gasteiger partial charge in [-0.05, 0) is 30.3 Å². The molecule has 0 saturated carbocycles. The molecular formula is C23H15NOS. The van der Waals surface area contributed by atoms with Gasteiger partial charge in [0.15, 0.2) is 0 Å². The first kappa shape index (κ1) is 15.1. The van der Waals surface area contributed by atoms with E-state index in [2.05, 4.69) is 42.5 Å². The van der Waals surface area contributed by atoms with Crippen LogP contribution in [0.5, 0.6) is 5.75 Å². The summed E-state index contributed by atoms with van der Waals surface area (Å²) in [6, 6.07) is 28.2. The molecule has 0 aliphatic rings. The fraction of sp³-hybridized carbons (Fsp3) is 0. The summed E-state index contributed by atoms with van der Waals surface area (Å²) in [5, 5.41) is 12.3. The Balaban J connectivity index is 1.72. The van der Waals surface area contributed by atoms with E-state index in [4.69, 9.17) is 4.98 Å². The van der Waals surface area contributed by atoms with Crippen LogP contribution in [-0.2, 0) is 0 Å². The van der Waals surface area contributed by atoms with Crippen molar-refractivity contribution in [2.24, 2.45) is 0 Å². The average molecular weight is 353 g/mol. The number of aromatic nitrogens is 1. The predicted octanol–water partition coefficient (Wildman–Crippen LogP) is 6.49. The van der Waals surface area contributed by atoms with Gasteiger partial charge in [0.25, 0.3) is 0 Å². The SMILES string of the molecule is Oc1cccc(-c2cccc(-c3cccc4c3sc3ccccc34)n2)c1. The highest BCUT2D eigenvalue weighted by Gasteiger charge is 2.11. The first-order valence-electron chi connectivity index (χ1n) is 8.47. The van der Waals surface area contributed by atoms with Gasteiger partial charge < -0.3 is 5.11 Å². The van der Waals surface area contributed by atoms with E-state index in [1.54, 1.807) is 12.1 Å². The topological polar surface area (TPSA) is 33.1 Å². The normalized spacial score (nSPS) is 11.2. The molecule has 124 valence electrons. The standard InChI is InChI=1S/C23H15NOS/c25-16-7-3-6-15(14-16)20-11-5-12-21(24-20)19-10-4-9-18-17-8-1-2-13-22(17)26-23(18)19/h1-14,25H. The van der Waals surface area contributed by atoms with Crippen LogP contribution in [0.4, 0.5) is 0 Å². The molecule has 0 aliphatic carbocycles. The van der Waals surface area contributed by atoms with Crippen LogP contribution >= 0.6 is 11.3 Å². The highest BCUT2D eigenvalue weighted by atomic mass is 32.1. The highest BCUT2D eigenvalue weighted by molar-refractivity contribution is 7.26. The van der Waals surface area contributed by atoms with E-state index in [0.29, 0.717) is 0 Å². The second-order valence-corrected chi connectivity index (χ2v) is 7.29. The van der Waals surface area contributed by atoms with E-state index in [0.717, 1.165) is 22.5 Å². The molecule has 1 N–H and O–H groups in total. The Morgan fingerprint density at radius 3 is 2.38 bits per heavy atom. The van der Waals surface area contributed by atoms with Crippen molar-refractivity contribution in [1.29, 1.82) is 0 Å². The second-order valence-electron chi connectivity index (χ2n) is 6.24. The maximum absolute atomic E-state index is 9.76. The molecule has 3 aromatic carbocycles. The third-order valence-electron chi connectivity index (χ3n) is 4.57. The Kier molecular flexibility index (Phi) is 3.47. The monoisotopic (exact) mass is 353 g/mol. The molecule has 0 saturated heterocycles. The number of fused-ring (bicyclic) bond motifs is 3. The van der Waals surface area contributed by atoms with Crippen LogP contribution in [0.2, 0.25) is 0 Å². The summed E-state index contributed by atoms with van der Waals surface area (Å²) in [7, 11) is 0. The third kappa shape index (κ3) is 2.45. The predicted molar refractivity (Wildman–Crippen MR) is 110 cm³/mol. The van der Waals surface area contributed by atoms with Crippen molar-refractivity contribution in [3.8, 4) is 28.3 Å². The average Bonchev–Trinajstić information content (AvgIpc) is 3.07. The molecule has 2 nitrogen and oxygen atoms in total. The summed E-state index contributed by atoms with van der Waals surface area (Å²) >= 11 is 1.81. The summed E-state index contributed by atoms with van der Waals surface area (Å²) in [4.78, 5) is 4.87. The molecular weight excluding hydrogens is 338 g/mol. The number of pyridine rings is 1. The summed E-state index contributed by atoms with van der Waals surface area (Å²) in [6.45, 7) is 0. The molecule has 2 heterocycles. The van der Waals surface area contributed by atoms with Gasteiger partial charge in [-0.25, -0.2) is 4.98 Å². The molecule has 0 fully saturated rings. The van der Waals surface area contributed by atoms with Crippen LogP contribution in [0, 0.1) is 0 Å². The first-order valence-corrected chi connectivity index (χ1v) is 9.28. The van der Waals surface area contributed by atoms with Crippen molar-refractivity contribution < 1.29 is 5.11 Å². The minimum atomic E-state index is 0.251. The lowest BCUT2D eigenvalue weighted by Crippen LogP contribution is -1.88. The van der Waals surface area contributed by atoms with E-state index in [-0.39, 0.29) is 5.75 Å². The van der Waals surface area contributed by atoms with Crippen molar-refractivity contribution in [3.63, 3.8) is 0 Å². The smallest absolute Gasteiger partial charge is 0.116 e. The number of hydrogen-bond donors (Lipinski definition) is 1. The number of aromatic hydroxyl groups is 1. The molecule has 26 heavy (non-hydrogen) atoms. The molecule has 2 aromatic heterocycles. The molecule has 3 heteroatoms. The lowest BCUT2D eigenvalue weighted by atomic mass is 10.1. The third-order valence-corrected chi connectivity index (χ3v) is 5.79. The van der Waals surface area contributed by atoms with Crippen molar-refractivity contribution in [2.75, 3.05) is 0 Å². The molecule has 0 radical (unpaired) electrons. The van der Waals surface area contributed by atoms with Crippen LogP contribution in [-0.4, -0.2) is 10.1 Å². The summed E-state index contributed by atoms with van der Waals surface area (Å²) in [5.41, 5.74) is 3.86. The molecule has 0 aliphatic heterocycles. The fourth-order valence-electron chi connectivity index (χ4n) is 3.36. The molecule has 5 aromatic rings. The summed E-state index contributed by atoms with van der Waals surface area (Å²) < 4.78 is 2.55. The van der Waals surface area contributed by atoms with Crippen LogP contribution in [0.25, 0.3) is 42.7 Å². The van der Waals surface area contributed by atoms with E-state index < -0.39 is 0 Å². The van der Waals surface area contributed by atoms with Crippen LogP contribution in [0.15, 0.2) is 84.9 Å². The largest absolute Gasteiger partial charge is 0.508 e. The van der Waals surface area contributed by atoms with Gasteiger partial charge in [-0.1, -0.05) is 54.6 Å². The van der Waals surface area contributed by atoms with Gasteiger partial charge in [0.1, 0.15) is 5.75 Å². The zero-order valence-corrected chi connectivity index (χ0v) is 14.7. The number of benzene rings is 3. The number of phenols is 1. The molecule has 0 bridgehead atoms. The number of nitrogens with zero attached hydrogens (tertiary/aromatic N) is 1. The van der Waals surface area contributed by atoms with Crippen molar-refractivity contribution in [1.82, 2.24) is 4.98 Å². The lowest BCUT2D eigenvalue weighted by molar-refractivity contribution is 0.475. The number of hydrogen-bond acceptors (Lipinski definition) is 3. The Morgan fingerprint density at radius 2 is 1.46 bits per heavy atom. The Hall–Kier alpha value is -3.17. The molecule has 0 unspecified atom stereocenters. The first-order chi connectivity index (χ1) is 12.8. The summed E-state index contributed by atoms with van der Waals surface area (Å²) in [5.74, 6) is 0.251. The minimum Gasteiger partial charge on any atom is -0.508 e. The number of thiophene rings is 1. The van der Waals surface area contributed by atoms with Crippen molar-refractivity contribution >= 4 is 31.5 Å². The number of rotatable bonds is 2. The lowest BCUT2D eigenvalue weighted by Gasteiger charge is -2.07. The van der Waals surface area contributed by atoms with Gasteiger partial charge in [-0.2, -0.15) is 0 Å². The van der Waals surface area contributed by atoms with Crippen LogP contribution in [0.1, 0.15) is 0 Å². The van der Waals surface area contributed by atoms with Gasteiger partial charge in [-0.3, -0.25) is 0 Å². The zero-order valence-electron chi connectivity index (χ0n) is 13.9. The van der Waals surface area contributed by atoms with Crippen molar-refractivity contribution in [2.45, 2.75) is 0 Å². The Labute approximate surface area is 155 Å². The second kappa shape index (κ2) is 5.97. The van der Waals surface area contributed by atoms with E-state index in [1.807, 2.05) is 41.7 Å². The molecule has 0 atom stereocenters. The quantitative estimate of drug-likeness (QED) is 0.393. The Bertz CT molecular complexity index is 1260. The molecule has 5 rings (SSSR count). The van der Waals surface area contributed by atoms with E-state index in [9.17, 15) is 5.11 Å². The van der Waals surface area contributed by atoms with Gasteiger partial charge >= 0.3 is 0 Å². The zero-order chi connectivity index (χ0) is 17.5. The Morgan fingerprint density at radius 1 is 0.692 bits per heavy atom. The highest BCUT2D eigenvalue weighted by Crippen LogP contribution is 2.39. The van der Waals surface area contributed by atoms with Gasteiger partial charge in [0, 0.05) is 31.3 Å². The van der Waals surface area contributed by atoms with Gasteiger partial charge in [0.2, 0.25) is 0 Å². The van der Waals surface area contributed by atoms with Crippen LogP contribution < -0.4 is 0 Å². The van der Waals surface area contributed by atoms with Gasteiger partial charge in [-0.15, -0.1) is 11.3 Å². The van der Waals surface area contributed by atoms with Crippen LogP contribution in [0.3, 0.4) is 0 Å². The van der Waals surface area contributed by atoms with Gasteiger partial charge in [0.05, 0.1) is 11.4 Å². The molecule has 0 amide bonds. The fourth-order valence-corrected chi connectivity index (χ4v) is 4.58. The maximum atomic E-state index is 9.76. The van der Waals surface area contributed by atoms with E-state index >= 15 is 0 Å². The molecule has 0 spiro atoms. The maximum Gasteiger partial charge on any atom is 0.116 e. The minimum absolute atomic E-state index is 0.251. The van der Waals surface area contributed by atoms with E-state index in [1.165, 1.54) is 20.2 Å². The number of phenolic OH excluding ortho intramolecular Hbond substituents is 1. The summed E-state index contributed by atoms with van der Waals surface area (Å²) in [6.07, 6.45) is 0.